The zero-order chi connectivity index (χ0) is 24.2. The summed E-state index contributed by atoms with van der Waals surface area (Å²) in [5.41, 5.74) is 0.944. The van der Waals surface area contributed by atoms with Gasteiger partial charge in [-0.05, 0) is 43.7 Å². The monoisotopic (exact) mass is 506 g/mol. The molecule has 4 rings (SSSR count). The number of benzene rings is 1. The van der Waals surface area contributed by atoms with Crippen molar-refractivity contribution in [3.63, 3.8) is 0 Å². The van der Waals surface area contributed by atoms with E-state index in [1.165, 1.54) is 0 Å². The highest BCUT2D eigenvalue weighted by atomic mass is 35.5. The molecule has 1 aliphatic heterocycles. The molecule has 10 heteroatoms. The van der Waals surface area contributed by atoms with Gasteiger partial charge in [-0.15, -0.1) is 11.6 Å². The molecule has 2 fully saturated rings. The predicted octanol–water partition coefficient (Wildman–Crippen LogP) is 2.93. The van der Waals surface area contributed by atoms with Crippen LogP contribution in [-0.4, -0.2) is 53.0 Å². The molecule has 0 bridgehead atoms. The zero-order valence-corrected chi connectivity index (χ0v) is 20.2. The van der Waals surface area contributed by atoms with E-state index in [0.717, 1.165) is 24.6 Å². The van der Waals surface area contributed by atoms with E-state index >= 15 is 0 Å². The number of H-pyrrole nitrogens is 1. The van der Waals surface area contributed by atoms with E-state index < -0.39 is 23.9 Å². The van der Waals surface area contributed by atoms with Gasteiger partial charge in [0.2, 0.25) is 11.8 Å². The van der Waals surface area contributed by atoms with E-state index in [9.17, 15) is 19.2 Å². The number of fused-ring (bicyclic) bond motifs is 1. The van der Waals surface area contributed by atoms with E-state index in [2.05, 4.69) is 20.9 Å². The molecule has 8 nitrogen and oxygen atoms in total. The van der Waals surface area contributed by atoms with Crippen LogP contribution in [0.15, 0.2) is 24.3 Å². The van der Waals surface area contributed by atoms with Crippen LogP contribution >= 0.6 is 23.2 Å². The lowest BCUT2D eigenvalue weighted by Gasteiger charge is -2.27. The van der Waals surface area contributed by atoms with Gasteiger partial charge in [-0.3, -0.25) is 19.2 Å². The maximum absolute atomic E-state index is 13.2. The summed E-state index contributed by atoms with van der Waals surface area (Å²) in [4.78, 5) is 53.8. The molecular weight excluding hydrogens is 479 g/mol. The van der Waals surface area contributed by atoms with Crippen molar-refractivity contribution >= 4 is 57.6 Å². The normalized spacial score (nSPS) is 19.8. The van der Waals surface area contributed by atoms with Crippen molar-refractivity contribution < 1.29 is 19.2 Å². The fourth-order valence-corrected chi connectivity index (χ4v) is 4.79. The van der Waals surface area contributed by atoms with Gasteiger partial charge in [0.1, 0.15) is 11.7 Å². The number of ketones is 1. The maximum atomic E-state index is 13.2. The van der Waals surface area contributed by atoms with Crippen molar-refractivity contribution in [2.45, 2.75) is 50.6 Å². The topological polar surface area (TPSA) is 120 Å². The number of carbonyl (C=O) groups excluding carboxylic acids is 4. The molecule has 1 saturated carbocycles. The Hall–Kier alpha value is -2.58. The Labute approximate surface area is 207 Å². The van der Waals surface area contributed by atoms with Crippen LogP contribution in [-0.2, 0) is 14.4 Å². The molecule has 2 aliphatic rings. The molecule has 182 valence electrons. The van der Waals surface area contributed by atoms with Gasteiger partial charge in [0.15, 0.2) is 5.78 Å². The number of nitrogens with one attached hydrogen (secondary N) is 4. The number of hydrogen-bond donors (Lipinski definition) is 4. The van der Waals surface area contributed by atoms with Crippen molar-refractivity contribution in [2.24, 2.45) is 11.8 Å². The van der Waals surface area contributed by atoms with Crippen LogP contribution in [0.2, 0.25) is 5.02 Å². The van der Waals surface area contributed by atoms with Crippen LogP contribution in [0, 0.1) is 11.8 Å². The molecule has 0 radical (unpaired) electrons. The molecular formula is C24H28Cl2N4O4. The van der Waals surface area contributed by atoms with Crippen LogP contribution in [0.3, 0.4) is 0 Å². The summed E-state index contributed by atoms with van der Waals surface area (Å²) >= 11 is 12.0. The van der Waals surface area contributed by atoms with Gasteiger partial charge >= 0.3 is 0 Å². The zero-order valence-electron chi connectivity index (χ0n) is 18.7. The molecule has 1 aromatic heterocycles. The Morgan fingerprint density at radius 1 is 1.09 bits per heavy atom. The minimum atomic E-state index is -0.885. The Balaban J connectivity index is 1.46. The third-order valence-electron chi connectivity index (χ3n) is 6.49. The van der Waals surface area contributed by atoms with Gasteiger partial charge < -0.3 is 20.9 Å². The summed E-state index contributed by atoms with van der Waals surface area (Å²) in [5, 5.41) is 9.66. The number of halogens is 2. The quantitative estimate of drug-likeness (QED) is 0.370. The number of amides is 3. The maximum Gasteiger partial charge on any atom is 0.268 e. The highest BCUT2D eigenvalue weighted by Crippen LogP contribution is 2.34. The molecule has 3 atom stereocenters. The van der Waals surface area contributed by atoms with Crippen molar-refractivity contribution in [3.8, 4) is 0 Å². The number of piperidine rings is 1. The van der Waals surface area contributed by atoms with E-state index in [1.807, 2.05) is 6.07 Å². The van der Waals surface area contributed by atoms with Crippen LogP contribution in [0.5, 0.6) is 0 Å². The molecule has 1 aromatic carbocycles. The van der Waals surface area contributed by atoms with E-state index in [1.54, 1.807) is 18.2 Å². The SMILES string of the molecule is O=C(NC(CC1CC1)C(=O)NC(C[C@@H]1CCCNC1=O)C(=O)CCl)c1cc2cccc(Cl)c2[nH]1. The van der Waals surface area contributed by atoms with Crippen LogP contribution in [0.25, 0.3) is 10.9 Å². The fourth-order valence-electron chi connectivity index (χ4n) is 4.38. The summed E-state index contributed by atoms with van der Waals surface area (Å²) in [6.07, 6.45) is 4.12. The molecule has 34 heavy (non-hydrogen) atoms. The van der Waals surface area contributed by atoms with Gasteiger partial charge in [0, 0.05) is 17.8 Å². The highest BCUT2D eigenvalue weighted by Gasteiger charge is 2.34. The number of alkyl halides is 1. The lowest BCUT2D eigenvalue weighted by molar-refractivity contribution is -0.131. The average molecular weight is 507 g/mol. The van der Waals surface area contributed by atoms with Crippen LogP contribution in [0.4, 0.5) is 0 Å². The molecule has 2 aromatic rings. The Kier molecular flexibility index (Phi) is 7.78. The molecule has 4 N–H and O–H groups in total. The van der Waals surface area contributed by atoms with E-state index in [-0.39, 0.29) is 29.9 Å². The van der Waals surface area contributed by atoms with Crippen LogP contribution in [0.1, 0.15) is 49.0 Å². The largest absolute Gasteiger partial charge is 0.356 e. The van der Waals surface area contributed by atoms with Gasteiger partial charge in [-0.25, -0.2) is 0 Å². The highest BCUT2D eigenvalue weighted by molar-refractivity contribution is 6.35. The summed E-state index contributed by atoms with van der Waals surface area (Å²) in [5.74, 6) is -1.63. The van der Waals surface area contributed by atoms with E-state index in [0.29, 0.717) is 41.5 Å². The minimum Gasteiger partial charge on any atom is -0.356 e. The molecule has 2 unspecified atom stereocenters. The standard InChI is InChI=1S/C24H28Cl2N4O4/c25-12-20(31)17(11-15-4-2-8-27-22(15)32)29-23(33)18(9-13-6-7-13)30-24(34)19-10-14-3-1-5-16(26)21(14)28-19/h1,3,5,10,13,15,17-18,28H,2,4,6-9,11-12H2,(H,27,32)(H,29,33)(H,30,34)/t15-,17?,18?/m0/s1. The minimum absolute atomic E-state index is 0.117. The third-order valence-corrected chi connectivity index (χ3v) is 7.07. The van der Waals surface area contributed by atoms with Gasteiger partial charge in [0.05, 0.1) is 22.5 Å². The van der Waals surface area contributed by atoms with Gasteiger partial charge in [-0.2, -0.15) is 0 Å². The predicted molar refractivity (Wildman–Crippen MR) is 130 cm³/mol. The molecule has 1 aliphatic carbocycles. The lowest BCUT2D eigenvalue weighted by Crippen LogP contribution is -2.53. The molecule has 1 saturated heterocycles. The van der Waals surface area contributed by atoms with Crippen LogP contribution < -0.4 is 16.0 Å². The fraction of sp³-hybridized carbons (Fsp3) is 0.500. The average Bonchev–Trinajstić information content (AvgIpc) is 3.53. The summed E-state index contributed by atoms with van der Waals surface area (Å²) in [7, 11) is 0. The van der Waals surface area contributed by atoms with Crippen molar-refractivity contribution in [2.75, 3.05) is 12.4 Å². The number of Topliss-reactive ketones (excluding diaryl/α,β-unsaturated/α-hetero) is 1. The van der Waals surface area contributed by atoms with Crippen molar-refractivity contribution in [1.29, 1.82) is 0 Å². The summed E-state index contributed by atoms with van der Waals surface area (Å²) < 4.78 is 0. The molecule has 2 heterocycles. The number of rotatable bonds is 10. The van der Waals surface area contributed by atoms with Gasteiger partial charge in [-0.1, -0.05) is 36.6 Å². The lowest BCUT2D eigenvalue weighted by atomic mass is 9.90. The summed E-state index contributed by atoms with van der Waals surface area (Å²) in [6, 6.07) is 5.35. The number of aromatic nitrogens is 1. The molecule has 3 amide bonds. The van der Waals surface area contributed by atoms with E-state index in [4.69, 9.17) is 23.2 Å². The van der Waals surface area contributed by atoms with Crippen molar-refractivity contribution in [1.82, 2.24) is 20.9 Å². The number of aromatic amines is 1. The van der Waals surface area contributed by atoms with Crippen molar-refractivity contribution in [3.05, 3.63) is 35.0 Å². The second-order valence-corrected chi connectivity index (χ2v) is 9.79. The second kappa shape index (κ2) is 10.8. The first kappa shape index (κ1) is 24.5. The third kappa shape index (κ3) is 5.91. The number of para-hydroxylation sites is 1. The Bertz CT molecular complexity index is 1100. The van der Waals surface area contributed by atoms with Gasteiger partial charge in [0.25, 0.3) is 5.91 Å². The molecule has 0 spiro atoms. The smallest absolute Gasteiger partial charge is 0.268 e. The first-order chi connectivity index (χ1) is 16.4. The first-order valence-electron chi connectivity index (χ1n) is 11.6. The Morgan fingerprint density at radius 2 is 1.88 bits per heavy atom. The second-order valence-electron chi connectivity index (χ2n) is 9.12. The summed E-state index contributed by atoms with van der Waals surface area (Å²) in [6.45, 7) is 0.615. The first-order valence-corrected chi connectivity index (χ1v) is 12.5. The number of hydrogen-bond acceptors (Lipinski definition) is 4. The number of carbonyl (C=O) groups is 4. The Morgan fingerprint density at radius 3 is 2.56 bits per heavy atom.